The Morgan fingerprint density at radius 1 is 0.893 bits per heavy atom. The highest BCUT2D eigenvalue weighted by Crippen LogP contribution is 2.33. The van der Waals surface area contributed by atoms with E-state index in [1.807, 2.05) is 45.2 Å². The maximum atomic E-state index is 13.6. The van der Waals surface area contributed by atoms with Crippen molar-refractivity contribution in [3.8, 4) is 22.4 Å². The van der Waals surface area contributed by atoms with Gasteiger partial charge in [0.15, 0.2) is 6.20 Å². The molecule has 2 heteroatoms. The van der Waals surface area contributed by atoms with Crippen molar-refractivity contribution >= 4 is 10.8 Å². The molecule has 0 saturated heterocycles. The van der Waals surface area contributed by atoms with Crippen molar-refractivity contribution in [3.63, 3.8) is 0 Å². The molecule has 0 spiro atoms. The van der Waals surface area contributed by atoms with Crippen LogP contribution in [0.5, 0.6) is 0 Å². The van der Waals surface area contributed by atoms with Crippen LogP contribution in [0, 0.1) is 12.7 Å². The number of nitrogens with zero attached hydrogens (tertiary/aromatic N) is 1. The highest BCUT2D eigenvalue weighted by molar-refractivity contribution is 5.88. The van der Waals surface area contributed by atoms with Crippen molar-refractivity contribution in [2.45, 2.75) is 26.7 Å². The van der Waals surface area contributed by atoms with E-state index < -0.39 is 5.89 Å². The van der Waals surface area contributed by atoms with Gasteiger partial charge in [0.1, 0.15) is 12.9 Å². The Balaban J connectivity index is 1.99. The number of rotatable bonds is 3. The molecule has 0 aliphatic carbocycles. The average Bonchev–Trinajstić information content (AvgIpc) is 2.67. The standard InChI is InChI=1S/C26H25FN/c1-17(2)25-16-28(4)26(23-8-6-5-7-18(23)3)15-24(25)21-10-9-20-14-22(27)12-11-19(20)13-21/h5-17H,1-4H3/q+1/i17D. The van der Waals surface area contributed by atoms with Gasteiger partial charge in [0.2, 0.25) is 5.69 Å². The second kappa shape index (κ2) is 7.20. The van der Waals surface area contributed by atoms with E-state index >= 15 is 0 Å². The minimum atomic E-state index is -0.755. The molecule has 0 fully saturated rings. The van der Waals surface area contributed by atoms with Crippen LogP contribution in [0.25, 0.3) is 33.2 Å². The third-order valence-electron chi connectivity index (χ3n) is 5.35. The van der Waals surface area contributed by atoms with Crippen LogP contribution in [0.3, 0.4) is 0 Å². The molecule has 0 amide bonds. The van der Waals surface area contributed by atoms with Gasteiger partial charge in [-0.2, -0.15) is 0 Å². The second-order valence-corrected chi connectivity index (χ2v) is 7.62. The number of fused-ring (bicyclic) bond motifs is 1. The fraction of sp³-hybridized carbons (Fsp3) is 0.192. The summed E-state index contributed by atoms with van der Waals surface area (Å²) in [6.07, 6.45) is 2.07. The molecular formula is C26H25FN+. The van der Waals surface area contributed by atoms with E-state index in [2.05, 4.69) is 48.0 Å². The summed E-state index contributed by atoms with van der Waals surface area (Å²) in [6, 6.07) is 21.4. The third-order valence-corrected chi connectivity index (χ3v) is 5.35. The van der Waals surface area contributed by atoms with Gasteiger partial charge in [0.25, 0.3) is 0 Å². The summed E-state index contributed by atoms with van der Waals surface area (Å²) >= 11 is 0. The molecule has 0 saturated carbocycles. The summed E-state index contributed by atoms with van der Waals surface area (Å²) in [6.45, 7) is 5.94. The Morgan fingerprint density at radius 3 is 2.36 bits per heavy atom. The van der Waals surface area contributed by atoms with E-state index in [1.165, 1.54) is 17.2 Å². The maximum absolute atomic E-state index is 13.6. The molecule has 0 unspecified atom stereocenters. The van der Waals surface area contributed by atoms with Crippen molar-refractivity contribution in [2.24, 2.45) is 7.05 Å². The van der Waals surface area contributed by atoms with E-state index in [0.29, 0.717) is 0 Å². The van der Waals surface area contributed by atoms with Gasteiger partial charge in [-0.25, -0.2) is 8.96 Å². The van der Waals surface area contributed by atoms with E-state index in [9.17, 15) is 4.39 Å². The van der Waals surface area contributed by atoms with Crippen molar-refractivity contribution in [1.29, 1.82) is 0 Å². The lowest BCUT2D eigenvalue weighted by atomic mass is 9.91. The number of hydrogen-bond acceptors (Lipinski definition) is 0. The number of aromatic nitrogens is 1. The molecular weight excluding hydrogens is 345 g/mol. The molecule has 1 nitrogen and oxygen atoms in total. The van der Waals surface area contributed by atoms with Gasteiger partial charge in [-0.15, -0.1) is 0 Å². The molecule has 4 rings (SSSR count). The molecule has 0 N–H and O–H groups in total. The summed E-state index contributed by atoms with van der Waals surface area (Å²) in [5, 5.41) is 1.87. The average molecular weight is 371 g/mol. The topological polar surface area (TPSA) is 3.88 Å². The summed E-state index contributed by atoms with van der Waals surface area (Å²) in [5.74, 6) is -0.985. The normalized spacial score (nSPS) is 12.2. The quantitative estimate of drug-likeness (QED) is 0.359. The zero-order valence-corrected chi connectivity index (χ0v) is 16.8. The van der Waals surface area contributed by atoms with Crippen LogP contribution in [0.2, 0.25) is 0 Å². The summed E-state index contributed by atoms with van der Waals surface area (Å²) in [7, 11) is 2.03. The zero-order valence-electron chi connectivity index (χ0n) is 17.8. The third kappa shape index (κ3) is 3.31. The van der Waals surface area contributed by atoms with Crippen LogP contribution in [0.4, 0.5) is 4.39 Å². The van der Waals surface area contributed by atoms with Crippen LogP contribution in [-0.4, -0.2) is 0 Å². The van der Waals surface area contributed by atoms with Crippen LogP contribution >= 0.6 is 0 Å². The Labute approximate surface area is 167 Å². The monoisotopic (exact) mass is 371 g/mol. The first-order chi connectivity index (χ1) is 13.7. The van der Waals surface area contributed by atoms with Crippen LogP contribution in [0.15, 0.2) is 72.9 Å². The lowest BCUT2D eigenvalue weighted by molar-refractivity contribution is -0.660. The summed E-state index contributed by atoms with van der Waals surface area (Å²) in [4.78, 5) is 0. The van der Waals surface area contributed by atoms with Crippen molar-refractivity contribution < 1.29 is 10.3 Å². The molecule has 0 bridgehead atoms. The zero-order chi connectivity index (χ0) is 20.8. The number of benzene rings is 3. The Bertz CT molecular complexity index is 1220. The molecule has 4 aromatic rings. The first kappa shape index (κ1) is 17.1. The lowest BCUT2D eigenvalue weighted by Gasteiger charge is -2.15. The number of pyridine rings is 1. The molecule has 0 radical (unpaired) electrons. The van der Waals surface area contributed by atoms with Crippen LogP contribution in [0.1, 0.15) is 32.2 Å². The SMILES string of the molecule is [2H]C(C)(C)c1c[n+](C)c(-c2ccccc2C)cc1-c1ccc2cc(F)ccc2c1. The number of halogens is 1. The summed E-state index contributed by atoms with van der Waals surface area (Å²) < 4.78 is 24.4. The first-order valence-electron chi connectivity index (χ1n) is 10.0. The molecule has 1 aromatic heterocycles. The molecule has 3 aromatic carbocycles. The Kier molecular flexibility index (Phi) is 4.40. The molecule has 0 aliphatic heterocycles. The predicted molar refractivity (Wildman–Crippen MR) is 115 cm³/mol. The van der Waals surface area contributed by atoms with Gasteiger partial charge >= 0.3 is 0 Å². The van der Waals surface area contributed by atoms with E-state index in [-0.39, 0.29) is 5.82 Å². The predicted octanol–water partition coefficient (Wildman–Crippen LogP) is 6.57. The lowest BCUT2D eigenvalue weighted by Crippen LogP contribution is -2.32. The Morgan fingerprint density at radius 2 is 1.61 bits per heavy atom. The smallest absolute Gasteiger partial charge is 0.207 e. The van der Waals surface area contributed by atoms with Gasteiger partial charge in [-0.3, -0.25) is 0 Å². The van der Waals surface area contributed by atoms with Crippen LogP contribution in [-0.2, 0) is 7.05 Å². The van der Waals surface area contributed by atoms with Gasteiger partial charge in [-0.05, 0) is 64.5 Å². The van der Waals surface area contributed by atoms with Crippen molar-refractivity contribution in [2.75, 3.05) is 0 Å². The molecule has 140 valence electrons. The molecule has 0 atom stereocenters. The van der Waals surface area contributed by atoms with Gasteiger partial charge in [0.05, 0.1) is 0 Å². The van der Waals surface area contributed by atoms with Crippen molar-refractivity contribution in [3.05, 3.63) is 89.9 Å². The second-order valence-electron chi connectivity index (χ2n) is 7.62. The maximum Gasteiger partial charge on any atom is 0.213 e. The Hall–Kier alpha value is -3.00. The highest BCUT2D eigenvalue weighted by atomic mass is 19.1. The molecule has 1 heterocycles. The highest BCUT2D eigenvalue weighted by Gasteiger charge is 2.20. The largest absolute Gasteiger partial charge is 0.213 e. The van der Waals surface area contributed by atoms with E-state index in [1.54, 1.807) is 6.07 Å². The number of hydrogen-bond donors (Lipinski definition) is 0. The minimum Gasteiger partial charge on any atom is -0.207 e. The van der Waals surface area contributed by atoms with Crippen LogP contribution < -0.4 is 4.57 Å². The summed E-state index contributed by atoms with van der Waals surface area (Å²) in [5.41, 5.74) is 6.51. The minimum absolute atomic E-state index is 0.230. The van der Waals surface area contributed by atoms with Crippen molar-refractivity contribution in [1.82, 2.24) is 0 Å². The molecule has 28 heavy (non-hydrogen) atoms. The first-order valence-corrected chi connectivity index (χ1v) is 9.54. The van der Waals surface area contributed by atoms with Gasteiger partial charge in [-0.1, -0.05) is 50.2 Å². The number of aryl methyl sites for hydroxylation is 2. The molecule has 0 aliphatic rings. The van der Waals surface area contributed by atoms with E-state index in [4.69, 9.17) is 1.37 Å². The van der Waals surface area contributed by atoms with Gasteiger partial charge in [0, 0.05) is 18.6 Å². The fourth-order valence-corrected chi connectivity index (χ4v) is 3.80. The van der Waals surface area contributed by atoms with Gasteiger partial charge < -0.3 is 0 Å². The fourth-order valence-electron chi connectivity index (χ4n) is 3.80. The van der Waals surface area contributed by atoms with E-state index in [0.717, 1.165) is 33.2 Å².